The summed E-state index contributed by atoms with van der Waals surface area (Å²) < 4.78 is 2.14. The topological polar surface area (TPSA) is 38.1 Å². The van der Waals surface area contributed by atoms with Crippen molar-refractivity contribution in [1.29, 1.82) is 0 Å². The van der Waals surface area contributed by atoms with Crippen LogP contribution in [0.1, 0.15) is 28.5 Å². The fraction of sp³-hybridized carbons (Fsp3) is 0.263. The van der Waals surface area contributed by atoms with Crippen LogP contribution >= 0.6 is 0 Å². The Morgan fingerprint density at radius 2 is 2.04 bits per heavy atom. The van der Waals surface area contributed by atoms with E-state index in [1.165, 1.54) is 10.9 Å². The molecule has 4 nitrogen and oxygen atoms in total. The minimum absolute atomic E-state index is 0.0837. The Bertz CT molecular complexity index is 877. The Labute approximate surface area is 135 Å². The first-order chi connectivity index (χ1) is 11.2. The van der Waals surface area contributed by atoms with Gasteiger partial charge < -0.3 is 9.47 Å². The second-order valence-electron chi connectivity index (χ2n) is 5.96. The molecule has 4 heteroatoms. The molecule has 4 rings (SSSR count). The maximum Gasteiger partial charge on any atom is 0.275 e. The smallest absolute Gasteiger partial charge is 0.275 e. The van der Waals surface area contributed by atoms with Crippen molar-refractivity contribution in [2.75, 3.05) is 11.4 Å². The summed E-state index contributed by atoms with van der Waals surface area (Å²) in [5, 5.41) is 1.21. The second kappa shape index (κ2) is 5.23. The zero-order valence-electron chi connectivity index (χ0n) is 13.4. The van der Waals surface area contributed by atoms with Gasteiger partial charge in [0.1, 0.15) is 5.69 Å². The van der Waals surface area contributed by atoms with E-state index in [9.17, 15) is 4.79 Å². The molecule has 0 radical (unpaired) electrons. The fourth-order valence-corrected chi connectivity index (χ4v) is 3.62. The van der Waals surface area contributed by atoms with Gasteiger partial charge in [0.15, 0.2) is 0 Å². The van der Waals surface area contributed by atoms with Gasteiger partial charge in [-0.2, -0.15) is 0 Å². The molecular formula is C19H19N3O. The van der Waals surface area contributed by atoms with E-state index in [1.54, 1.807) is 12.4 Å². The van der Waals surface area contributed by atoms with E-state index in [4.69, 9.17) is 0 Å². The zero-order valence-corrected chi connectivity index (χ0v) is 13.4. The largest absolute Gasteiger partial charge is 0.337 e. The number of anilines is 1. The first-order valence-electron chi connectivity index (χ1n) is 8.05. The molecule has 0 N–H and O–H groups in total. The monoisotopic (exact) mass is 305 g/mol. The van der Waals surface area contributed by atoms with Crippen LogP contribution in [0, 0.1) is 6.92 Å². The molecule has 1 aliphatic heterocycles. The third-order valence-electron chi connectivity index (χ3n) is 4.73. The van der Waals surface area contributed by atoms with Gasteiger partial charge in [0.2, 0.25) is 0 Å². The van der Waals surface area contributed by atoms with E-state index < -0.39 is 0 Å². The third-order valence-corrected chi connectivity index (χ3v) is 4.73. The van der Waals surface area contributed by atoms with Crippen LogP contribution < -0.4 is 4.90 Å². The minimum atomic E-state index is 0.0837. The Kier molecular flexibility index (Phi) is 3.18. The number of hydrogen-bond donors (Lipinski definition) is 0. The Balaban J connectivity index is 1.91. The van der Waals surface area contributed by atoms with Crippen LogP contribution in [-0.4, -0.2) is 22.0 Å². The predicted octanol–water partition coefficient (Wildman–Crippen LogP) is 3.57. The highest BCUT2D eigenvalue weighted by atomic mass is 16.2. The van der Waals surface area contributed by atoms with Crippen molar-refractivity contribution in [3.63, 3.8) is 0 Å². The van der Waals surface area contributed by atoms with Crippen LogP contribution in [-0.2, 0) is 13.0 Å². The molecule has 2 aromatic heterocycles. The van der Waals surface area contributed by atoms with Crippen molar-refractivity contribution < 1.29 is 4.79 Å². The number of hydrogen-bond acceptors (Lipinski definition) is 2. The van der Waals surface area contributed by atoms with Gasteiger partial charge in [-0.25, -0.2) is 0 Å². The molecule has 1 aliphatic rings. The van der Waals surface area contributed by atoms with E-state index >= 15 is 0 Å². The number of para-hydroxylation sites is 1. The normalized spacial score (nSPS) is 14.3. The van der Waals surface area contributed by atoms with Crippen molar-refractivity contribution in [1.82, 2.24) is 9.55 Å². The third kappa shape index (κ3) is 1.98. The number of carbonyl (C=O) groups is 1. The summed E-state index contributed by atoms with van der Waals surface area (Å²) in [6, 6.07) is 10.3. The molecule has 0 fully saturated rings. The number of fused-ring (bicyclic) bond motifs is 3. The zero-order chi connectivity index (χ0) is 16.0. The molecule has 3 aromatic rings. The molecule has 0 atom stereocenters. The van der Waals surface area contributed by atoms with Gasteiger partial charge in [-0.3, -0.25) is 9.78 Å². The lowest BCUT2D eigenvalue weighted by Crippen LogP contribution is -2.39. The average molecular weight is 305 g/mol. The van der Waals surface area contributed by atoms with Crippen LogP contribution in [0.5, 0.6) is 0 Å². The average Bonchev–Trinajstić information content (AvgIpc) is 2.91. The van der Waals surface area contributed by atoms with Gasteiger partial charge in [-0.05, 0) is 43.5 Å². The summed E-state index contributed by atoms with van der Waals surface area (Å²) in [6.45, 7) is 5.61. The first-order valence-corrected chi connectivity index (χ1v) is 8.05. The SMILES string of the molecule is CCn1c2c(c3ccccc31)CCN(c1cnccc1C)C2=O. The quantitative estimate of drug-likeness (QED) is 0.726. The molecule has 1 aromatic carbocycles. The molecule has 0 saturated heterocycles. The maximum atomic E-state index is 13.2. The molecule has 3 heterocycles. The van der Waals surface area contributed by atoms with E-state index in [0.29, 0.717) is 6.54 Å². The van der Waals surface area contributed by atoms with E-state index in [0.717, 1.165) is 35.4 Å². The van der Waals surface area contributed by atoms with Gasteiger partial charge in [-0.1, -0.05) is 18.2 Å². The van der Waals surface area contributed by atoms with Gasteiger partial charge in [0.05, 0.1) is 11.9 Å². The van der Waals surface area contributed by atoms with Crippen LogP contribution in [0.25, 0.3) is 10.9 Å². The summed E-state index contributed by atoms with van der Waals surface area (Å²) >= 11 is 0. The lowest BCUT2D eigenvalue weighted by molar-refractivity contribution is 0.0971. The number of benzene rings is 1. The predicted molar refractivity (Wildman–Crippen MR) is 92.0 cm³/mol. The Hall–Kier alpha value is -2.62. The number of aromatic nitrogens is 2. The van der Waals surface area contributed by atoms with Crippen LogP contribution in [0.15, 0.2) is 42.7 Å². The minimum Gasteiger partial charge on any atom is -0.337 e. The van der Waals surface area contributed by atoms with Crippen molar-refractivity contribution in [2.24, 2.45) is 0 Å². The second-order valence-corrected chi connectivity index (χ2v) is 5.96. The Morgan fingerprint density at radius 3 is 2.83 bits per heavy atom. The summed E-state index contributed by atoms with van der Waals surface area (Å²) in [5.74, 6) is 0.0837. The van der Waals surface area contributed by atoms with Crippen molar-refractivity contribution in [2.45, 2.75) is 26.8 Å². The first kappa shape index (κ1) is 14.0. The molecule has 23 heavy (non-hydrogen) atoms. The molecule has 116 valence electrons. The number of aryl methyl sites for hydroxylation is 2. The number of pyridine rings is 1. The molecule has 0 aliphatic carbocycles. The van der Waals surface area contributed by atoms with Crippen LogP contribution in [0.3, 0.4) is 0 Å². The van der Waals surface area contributed by atoms with Gasteiger partial charge in [0.25, 0.3) is 5.91 Å². The maximum absolute atomic E-state index is 13.2. The van der Waals surface area contributed by atoms with Gasteiger partial charge >= 0.3 is 0 Å². The molecular weight excluding hydrogens is 286 g/mol. The highest BCUT2D eigenvalue weighted by Crippen LogP contribution is 2.33. The summed E-state index contributed by atoms with van der Waals surface area (Å²) in [6.07, 6.45) is 4.43. The summed E-state index contributed by atoms with van der Waals surface area (Å²) in [7, 11) is 0. The van der Waals surface area contributed by atoms with Gasteiger partial charge in [0, 0.05) is 30.2 Å². The van der Waals surface area contributed by atoms with E-state index in [-0.39, 0.29) is 5.91 Å². The Morgan fingerprint density at radius 1 is 1.22 bits per heavy atom. The van der Waals surface area contributed by atoms with Gasteiger partial charge in [-0.15, -0.1) is 0 Å². The lowest BCUT2D eigenvalue weighted by atomic mass is 10.0. The molecule has 0 unspecified atom stereocenters. The van der Waals surface area contributed by atoms with Crippen LogP contribution in [0.2, 0.25) is 0 Å². The summed E-state index contributed by atoms with van der Waals surface area (Å²) in [5.41, 5.74) is 5.17. The molecule has 0 saturated carbocycles. The number of amides is 1. The number of nitrogens with zero attached hydrogens (tertiary/aromatic N) is 3. The van der Waals surface area contributed by atoms with Crippen LogP contribution in [0.4, 0.5) is 5.69 Å². The van der Waals surface area contributed by atoms with E-state index in [2.05, 4.69) is 28.6 Å². The standard InChI is InChI=1S/C19H19N3O/c1-3-21-16-7-5-4-6-14(16)15-9-11-22(19(23)18(15)21)17-12-20-10-8-13(17)2/h4-8,10,12H,3,9,11H2,1-2H3. The van der Waals surface area contributed by atoms with Crippen molar-refractivity contribution in [3.05, 3.63) is 59.5 Å². The molecule has 0 spiro atoms. The van der Waals surface area contributed by atoms with E-state index in [1.807, 2.05) is 30.0 Å². The molecule has 1 amide bonds. The highest BCUT2D eigenvalue weighted by Gasteiger charge is 2.31. The lowest BCUT2D eigenvalue weighted by Gasteiger charge is -2.29. The summed E-state index contributed by atoms with van der Waals surface area (Å²) in [4.78, 5) is 19.3. The molecule has 0 bridgehead atoms. The fourth-order valence-electron chi connectivity index (χ4n) is 3.62. The van der Waals surface area contributed by atoms with Crippen molar-refractivity contribution >= 4 is 22.5 Å². The number of rotatable bonds is 2. The number of carbonyl (C=O) groups excluding carboxylic acids is 1. The highest BCUT2D eigenvalue weighted by molar-refractivity contribution is 6.11. The van der Waals surface area contributed by atoms with Crippen molar-refractivity contribution in [3.8, 4) is 0 Å².